The smallest absolute Gasteiger partial charge is 0.313 e. The Hall–Kier alpha value is -1.29. The minimum atomic E-state index is -0.535. The Morgan fingerprint density at radius 2 is 1.95 bits per heavy atom. The summed E-state index contributed by atoms with van der Waals surface area (Å²) >= 11 is 3.80. The maximum atomic E-state index is 12.0. The van der Waals surface area contributed by atoms with Crippen molar-refractivity contribution in [1.82, 2.24) is 0 Å². The lowest BCUT2D eigenvalue weighted by Crippen LogP contribution is -2.18. The van der Waals surface area contributed by atoms with E-state index in [1.807, 2.05) is 6.07 Å². The molecule has 0 fully saturated rings. The summed E-state index contributed by atoms with van der Waals surface area (Å²) in [4.78, 5) is 23.3. The summed E-state index contributed by atoms with van der Waals surface area (Å²) in [6.07, 6.45) is 4.65. The van der Waals surface area contributed by atoms with Gasteiger partial charge in [-0.3, -0.25) is 9.59 Å². The molecule has 0 aromatic heterocycles. The van der Waals surface area contributed by atoms with E-state index in [4.69, 9.17) is 4.74 Å². The minimum absolute atomic E-state index is 0.0841. The average Bonchev–Trinajstić information content (AvgIpc) is 2.44. The van der Waals surface area contributed by atoms with Gasteiger partial charge in [-0.2, -0.15) is 0 Å². The molecule has 0 saturated carbocycles. The van der Waals surface area contributed by atoms with Crippen LogP contribution in [-0.2, 0) is 27.2 Å². The van der Waals surface area contributed by atoms with Gasteiger partial charge in [0.25, 0.3) is 0 Å². The molecule has 3 nitrogen and oxygen atoms in total. The van der Waals surface area contributed by atoms with E-state index in [2.05, 4.69) is 24.8 Å². The van der Waals surface area contributed by atoms with E-state index in [9.17, 15) is 9.59 Å². The van der Waals surface area contributed by atoms with Crippen molar-refractivity contribution in [2.45, 2.75) is 44.9 Å². The summed E-state index contributed by atoms with van der Waals surface area (Å²) in [6, 6.07) is 6.09. The molecule has 108 valence electrons. The Bertz CT molecular complexity index is 510. The molecule has 0 amide bonds. The predicted octanol–water partition coefficient (Wildman–Crippen LogP) is 3.06. The van der Waals surface area contributed by atoms with Crippen LogP contribution in [0.3, 0.4) is 0 Å². The number of hydrogen-bond donors (Lipinski definition) is 1. The molecular weight excluding hydrogens is 272 g/mol. The first-order valence-electron chi connectivity index (χ1n) is 7.12. The maximum Gasteiger partial charge on any atom is 0.313 e. The fourth-order valence-corrected chi connectivity index (χ4v) is 2.91. The zero-order valence-electron chi connectivity index (χ0n) is 11.7. The van der Waals surface area contributed by atoms with Crippen LogP contribution in [0.4, 0.5) is 0 Å². The predicted molar refractivity (Wildman–Crippen MR) is 81.1 cm³/mol. The first-order valence-corrected chi connectivity index (χ1v) is 7.56. The molecule has 0 bridgehead atoms. The van der Waals surface area contributed by atoms with Gasteiger partial charge in [0.1, 0.15) is 0 Å². The highest BCUT2D eigenvalue weighted by Crippen LogP contribution is 2.28. The van der Waals surface area contributed by atoms with Crippen molar-refractivity contribution in [3.8, 4) is 0 Å². The Labute approximate surface area is 125 Å². The van der Waals surface area contributed by atoms with Crippen LogP contribution in [0.2, 0.25) is 0 Å². The Kier molecular flexibility index (Phi) is 5.24. The molecule has 1 aliphatic carbocycles. The van der Waals surface area contributed by atoms with E-state index in [-0.39, 0.29) is 17.5 Å². The molecule has 0 radical (unpaired) electrons. The van der Waals surface area contributed by atoms with Gasteiger partial charge in [0.2, 0.25) is 0 Å². The molecule has 1 aromatic carbocycles. The lowest BCUT2D eigenvalue weighted by Gasteiger charge is -2.20. The van der Waals surface area contributed by atoms with E-state index < -0.39 is 5.92 Å². The van der Waals surface area contributed by atoms with Gasteiger partial charge in [-0.15, -0.1) is 12.6 Å². The van der Waals surface area contributed by atoms with Crippen LogP contribution >= 0.6 is 12.6 Å². The van der Waals surface area contributed by atoms with Crippen LogP contribution in [-0.4, -0.2) is 17.7 Å². The Balaban J connectivity index is 2.27. The van der Waals surface area contributed by atoms with Crippen molar-refractivity contribution < 1.29 is 14.3 Å². The molecule has 20 heavy (non-hydrogen) atoms. The number of aryl methyl sites for hydroxylation is 2. The van der Waals surface area contributed by atoms with Gasteiger partial charge in [0.15, 0.2) is 5.12 Å². The molecule has 1 aliphatic rings. The second-order valence-corrected chi connectivity index (χ2v) is 5.64. The maximum absolute atomic E-state index is 12.0. The molecule has 2 rings (SSSR count). The zero-order valence-corrected chi connectivity index (χ0v) is 12.6. The van der Waals surface area contributed by atoms with Crippen LogP contribution in [0.1, 0.15) is 48.8 Å². The quantitative estimate of drug-likeness (QED) is 0.670. The number of rotatable bonds is 5. The average molecular weight is 292 g/mol. The minimum Gasteiger partial charge on any atom is -0.466 e. The second-order valence-electron chi connectivity index (χ2n) is 5.14. The molecule has 0 saturated heterocycles. The highest BCUT2D eigenvalue weighted by atomic mass is 32.1. The first kappa shape index (κ1) is 15.1. The second kappa shape index (κ2) is 6.93. The molecule has 1 aromatic rings. The van der Waals surface area contributed by atoms with Gasteiger partial charge < -0.3 is 4.74 Å². The van der Waals surface area contributed by atoms with Crippen LogP contribution in [0.15, 0.2) is 18.2 Å². The van der Waals surface area contributed by atoms with Crippen LogP contribution in [0.5, 0.6) is 0 Å². The lowest BCUT2D eigenvalue weighted by molar-refractivity contribution is -0.145. The standard InChI is InChI=1S/C16H20O3S/c1-2-19-16(18)14(10-15(17)20)13-8-7-11-5-3-4-6-12(11)9-13/h7-9,14H,2-6,10H2,1H3,(H,17,20). The van der Waals surface area contributed by atoms with E-state index in [0.717, 1.165) is 18.4 Å². The van der Waals surface area contributed by atoms with Gasteiger partial charge in [-0.25, -0.2) is 0 Å². The summed E-state index contributed by atoms with van der Waals surface area (Å²) in [5.41, 5.74) is 3.53. The van der Waals surface area contributed by atoms with Crippen molar-refractivity contribution in [2.75, 3.05) is 6.61 Å². The molecule has 0 aliphatic heterocycles. The SMILES string of the molecule is CCOC(=O)C(CC(=O)S)c1ccc2c(c1)CCCC2. The van der Waals surface area contributed by atoms with E-state index in [1.165, 1.54) is 24.0 Å². The fraction of sp³-hybridized carbons (Fsp3) is 0.500. The van der Waals surface area contributed by atoms with Crippen LogP contribution < -0.4 is 0 Å². The lowest BCUT2D eigenvalue weighted by atomic mass is 9.87. The third-order valence-corrected chi connectivity index (χ3v) is 3.91. The molecule has 1 atom stereocenters. The summed E-state index contributed by atoms with van der Waals surface area (Å²) in [7, 11) is 0. The Morgan fingerprint density at radius 3 is 2.60 bits per heavy atom. The van der Waals surface area contributed by atoms with Gasteiger partial charge in [-0.1, -0.05) is 18.2 Å². The van der Waals surface area contributed by atoms with Gasteiger partial charge in [0.05, 0.1) is 12.5 Å². The third-order valence-electron chi connectivity index (χ3n) is 3.72. The largest absolute Gasteiger partial charge is 0.466 e. The van der Waals surface area contributed by atoms with Crippen molar-refractivity contribution in [2.24, 2.45) is 0 Å². The van der Waals surface area contributed by atoms with E-state index in [1.54, 1.807) is 6.92 Å². The molecule has 0 heterocycles. The number of carbonyl (C=O) groups excluding carboxylic acids is 2. The van der Waals surface area contributed by atoms with E-state index in [0.29, 0.717) is 6.61 Å². The highest BCUT2D eigenvalue weighted by molar-refractivity contribution is 7.96. The van der Waals surface area contributed by atoms with E-state index >= 15 is 0 Å². The monoisotopic (exact) mass is 292 g/mol. The molecule has 1 unspecified atom stereocenters. The molecule has 0 spiro atoms. The van der Waals surface area contributed by atoms with Gasteiger partial charge >= 0.3 is 5.97 Å². The van der Waals surface area contributed by atoms with Crippen molar-refractivity contribution in [3.63, 3.8) is 0 Å². The van der Waals surface area contributed by atoms with Crippen LogP contribution in [0, 0.1) is 0 Å². The normalized spacial score (nSPS) is 15.3. The number of hydrogen-bond acceptors (Lipinski definition) is 3. The third kappa shape index (κ3) is 3.63. The van der Waals surface area contributed by atoms with Crippen LogP contribution in [0.25, 0.3) is 0 Å². The van der Waals surface area contributed by atoms with Crippen molar-refractivity contribution in [1.29, 1.82) is 0 Å². The number of esters is 1. The number of thiol groups is 1. The summed E-state index contributed by atoms with van der Waals surface area (Å²) in [5.74, 6) is -0.877. The number of carbonyl (C=O) groups is 2. The molecular formula is C16H20O3S. The summed E-state index contributed by atoms with van der Waals surface area (Å²) < 4.78 is 5.08. The fourth-order valence-electron chi connectivity index (χ4n) is 2.72. The summed E-state index contributed by atoms with van der Waals surface area (Å²) in [5, 5.41) is -0.291. The number of ether oxygens (including phenoxy) is 1. The topological polar surface area (TPSA) is 43.4 Å². The number of fused-ring (bicyclic) bond motifs is 1. The van der Waals surface area contributed by atoms with Gasteiger partial charge in [0, 0.05) is 6.42 Å². The first-order chi connectivity index (χ1) is 9.61. The Morgan fingerprint density at radius 1 is 1.25 bits per heavy atom. The molecule has 0 N–H and O–H groups in total. The number of benzene rings is 1. The summed E-state index contributed by atoms with van der Waals surface area (Å²) in [6.45, 7) is 2.09. The molecule has 4 heteroatoms. The van der Waals surface area contributed by atoms with Gasteiger partial charge in [-0.05, 0) is 49.3 Å². The van der Waals surface area contributed by atoms with Crippen molar-refractivity contribution in [3.05, 3.63) is 34.9 Å². The zero-order chi connectivity index (χ0) is 14.5. The van der Waals surface area contributed by atoms with Crippen molar-refractivity contribution >= 4 is 23.7 Å². The highest BCUT2D eigenvalue weighted by Gasteiger charge is 2.25.